The lowest BCUT2D eigenvalue weighted by atomic mass is 9.33. The van der Waals surface area contributed by atoms with Crippen molar-refractivity contribution in [3.05, 3.63) is 46.2 Å². The number of Topliss-reactive ketones (excluding diaryl/α,β-unsaturated/α-hetero) is 1. The summed E-state index contributed by atoms with van der Waals surface area (Å²) in [5, 5.41) is 15.2. The molecule has 7 aliphatic rings. The Labute approximate surface area is 330 Å². The molecule has 1 heterocycles. The summed E-state index contributed by atoms with van der Waals surface area (Å²) in [7, 11) is 0. The first-order valence-corrected chi connectivity index (χ1v) is 21.8. The smallest absolute Gasteiger partial charge is 0.309 e. The Balaban J connectivity index is 1.14. The predicted octanol–water partition coefficient (Wildman–Crippen LogP) is 12.0. The summed E-state index contributed by atoms with van der Waals surface area (Å²) in [5.41, 5.74) is 3.24. The molecule has 4 saturated carbocycles. The van der Waals surface area contributed by atoms with Crippen LogP contribution in [0.15, 0.2) is 51.4 Å². The van der Waals surface area contributed by atoms with Crippen molar-refractivity contribution < 1.29 is 24.3 Å². The predicted molar refractivity (Wildman–Crippen MR) is 217 cm³/mol. The normalized spacial score (nSPS) is 40.4. The van der Waals surface area contributed by atoms with E-state index in [9.17, 15) is 14.7 Å². The van der Waals surface area contributed by atoms with Crippen LogP contribution < -0.4 is 0 Å². The third-order valence-corrected chi connectivity index (χ3v) is 17.5. The second-order valence-corrected chi connectivity index (χ2v) is 21.4. The number of allylic oxidation sites excluding steroid dienone is 8. The summed E-state index contributed by atoms with van der Waals surface area (Å²) in [6, 6.07) is 0. The van der Waals surface area contributed by atoms with E-state index in [-0.39, 0.29) is 45.0 Å². The van der Waals surface area contributed by atoms with Crippen LogP contribution in [0.2, 0.25) is 0 Å². The van der Waals surface area contributed by atoms with Crippen molar-refractivity contribution in [2.75, 3.05) is 6.61 Å². The number of carbonyl (C=O) groups is 2. The van der Waals surface area contributed by atoms with Gasteiger partial charge in [-0.15, -0.1) is 0 Å². The molecule has 0 bridgehead atoms. The second-order valence-electron chi connectivity index (χ2n) is 21.0. The van der Waals surface area contributed by atoms with Crippen LogP contribution in [0.1, 0.15) is 152 Å². The van der Waals surface area contributed by atoms with E-state index >= 15 is 0 Å². The van der Waals surface area contributed by atoms with Crippen LogP contribution >= 0.6 is 11.6 Å². The molecule has 9 unspecified atom stereocenters. The molecule has 0 spiro atoms. The summed E-state index contributed by atoms with van der Waals surface area (Å²) in [6.07, 6.45) is 22.2. The Bertz CT molecular complexity index is 1700. The van der Waals surface area contributed by atoms with Gasteiger partial charge in [-0.05, 0) is 154 Å². The van der Waals surface area contributed by atoms with Gasteiger partial charge < -0.3 is 14.7 Å². The molecule has 7 rings (SSSR count). The van der Waals surface area contributed by atoms with E-state index in [1.165, 1.54) is 24.8 Å². The molecule has 0 amide bonds. The van der Waals surface area contributed by atoms with E-state index in [4.69, 9.17) is 26.3 Å². The van der Waals surface area contributed by atoms with Crippen molar-refractivity contribution in [3.63, 3.8) is 0 Å². The molecule has 54 heavy (non-hydrogen) atoms. The van der Waals surface area contributed by atoms with E-state index < -0.39 is 11.4 Å². The number of rotatable bonds is 9. The fourth-order valence-electron chi connectivity index (χ4n) is 13.9. The molecule has 4 fully saturated rings. The van der Waals surface area contributed by atoms with Crippen molar-refractivity contribution in [2.24, 2.45) is 67.2 Å². The largest absolute Gasteiger partial charge is 0.481 e. The lowest BCUT2D eigenvalue weighted by molar-refractivity contribution is -0.234. The quantitative estimate of drug-likeness (QED) is 0.253. The molecular formula is C47H68ClNO5. The topological polar surface area (TPSA) is 85.2 Å². The fraction of sp³-hybridized carbons (Fsp3) is 0.766. The molecule has 9 atom stereocenters. The number of ether oxygens (including phenoxy) is 1. The fourth-order valence-corrected chi connectivity index (χ4v) is 14.1. The van der Waals surface area contributed by atoms with Crippen molar-refractivity contribution in [2.45, 2.75) is 158 Å². The minimum absolute atomic E-state index is 0.0121. The molecule has 6 nitrogen and oxygen atoms in total. The molecule has 0 saturated heterocycles. The van der Waals surface area contributed by atoms with E-state index in [0.717, 1.165) is 79.9 Å². The monoisotopic (exact) mass is 761 g/mol. The third-order valence-electron chi connectivity index (χ3n) is 17.2. The summed E-state index contributed by atoms with van der Waals surface area (Å²) in [5.74, 6) is 2.55. The zero-order valence-corrected chi connectivity index (χ0v) is 35.5. The number of carboxylic acids is 1. The molecule has 0 aromatic carbocycles. The number of hydrogen-bond acceptors (Lipinski definition) is 5. The van der Waals surface area contributed by atoms with Crippen molar-refractivity contribution >= 4 is 29.1 Å². The Morgan fingerprint density at radius 1 is 1.02 bits per heavy atom. The number of hydrogen-bond donors (Lipinski definition) is 1. The molecule has 7 heteroatoms. The number of oxime groups is 1. The SMILES string of the molecule is CC(C)C1=C2C3CCC4C5(C)CCC(OCCC(C)(C)C(=O)O)C(C)(C)C5CCC4(C)C3(C)CCC2(CC2=CCCC(C3C=CC(Cl)=CC3)=NO2)CC1=O. The van der Waals surface area contributed by atoms with E-state index in [1.54, 1.807) is 13.8 Å². The second kappa shape index (κ2) is 14.0. The van der Waals surface area contributed by atoms with E-state index in [0.29, 0.717) is 43.0 Å². The van der Waals surface area contributed by atoms with Gasteiger partial charge in [0.25, 0.3) is 0 Å². The minimum atomic E-state index is -0.780. The van der Waals surface area contributed by atoms with Crippen molar-refractivity contribution in [1.82, 2.24) is 0 Å². The summed E-state index contributed by atoms with van der Waals surface area (Å²) >= 11 is 6.22. The number of carbonyl (C=O) groups excluding carboxylic acids is 1. The maximum Gasteiger partial charge on any atom is 0.309 e. The Morgan fingerprint density at radius 3 is 2.46 bits per heavy atom. The molecule has 298 valence electrons. The molecule has 1 N–H and O–H groups in total. The van der Waals surface area contributed by atoms with Crippen molar-refractivity contribution in [1.29, 1.82) is 0 Å². The average molecular weight is 763 g/mol. The molecule has 6 aliphatic carbocycles. The standard InChI is InChI=1S/C47H68ClNO5/c1-29(2)39-35(50)28-47(27-32-11-10-12-34(49-54-32)30-13-15-31(48)16-14-30)24-23-45(8)33(40(39)47)17-18-37-44(7)21-20-38(53-26-25-42(3,4)41(51)52)43(5,6)36(44)19-22-46(37,45)9/h11,13,15-16,29-30,33,36-38H,10,12,14,17-28H2,1-9H3,(H,51,52). The maximum atomic E-state index is 14.2. The van der Waals surface area contributed by atoms with Crippen LogP contribution in [0.4, 0.5) is 0 Å². The number of fused-ring (bicyclic) bond motifs is 7. The van der Waals surface area contributed by atoms with Gasteiger partial charge in [0.2, 0.25) is 0 Å². The maximum absolute atomic E-state index is 14.2. The summed E-state index contributed by atoms with van der Waals surface area (Å²) in [4.78, 5) is 32.3. The first-order valence-electron chi connectivity index (χ1n) is 21.4. The van der Waals surface area contributed by atoms with Gasteiger partial charge in [-0.2, -0.15) is 0 Å². The van der Waals surface area contributed by atoms with Crippen LogP contribution in [0.3, 0.4) is 0 Å². The van der Waals surface area contributed by atoms with Gasteiger partial charge in [0.1, 0.15) is 5.76 Å². The highest BCUT2D eigenvalue weighted by Crippen LogP contribution is 2.77. The van der Waals surface area contributed by atoms with E-state index in [1.807, 2.05) is 6.08 Å². The van der Waals surface area contributed by atoms with Gasteiger partial charge in [-0.1, -0.05) is 82.9 Å². The van der Waals surface area contributed by atoms with Gasteiger partial charge >= 0.3 is 5.97 Å². The molecule has 0 aromatic rings. The van der Waals surface area contributed by atoms with Gasteiger partial charge in [0, 0.05) is 35.8 Å². The van der Waals surface area contributed by atoms with Gasteiger partial charge in [-0.25, -0.2) is 0 Å². The lowest BCUT2D eigenvalue weighted by Gasteiger charge is -2.72. The third kappa shape index (κ3) is 6.34. The first-order chi connectivity index (χ1) is 25.3. The highest BCUT2D eigenvalue weighted by Gasteiger charge is 2.70. The van der Waals surface area contributed by atoms with Crippen LogP contribution in [0.25, 0.3) is 0 Å². The van der Waals surface area contributed by atoms with Gasteiger partial charge in [-0.3, -0.25) is 9.59 Å². The highest BCUT2D eigenvalue weighted by atomic mass is 35.5. The Hall–Kier alpha value is -2.18. The molecular weight excluding hydrogens is 694 g/mol. The summed E-state index contributed by atoms with van der Waals surface area (Å²) < 4.78 is 6.62. The number of nitrogens with zero attached hydrogens (tertiary/aromatic N) is 1. The van der Waals surface area contributed by atoms with Crippen LogP contribution in [-0.4, -0.2) is 35.3 Å². The molecule has 0 aromatic heterocycles. The number of carboxylic acid groups (broad SMARTS) is 1. The lowest BCUT2D eigenvalue weighted by Crippen LogP contribution is -2.65. The average Bonchev–Trinajstić information content (AvgIpc) is 3.21. The highest BCUT2D eigenvalue weighted by molar-refractivity contribution is 6.31. The van der Waals surface area contributed by atoms with Crippen LogP contribution in [-0.2, 0) is 19.2 Å². The Kier molecular flexibility index (Phi) is 10.4. The minimum Gasteiger partial charge on any atom is -0.481 e. The zero-order valence-electron chi connectivity index (χ0n) is 34.8. The summed E-state index contributed by atoms with van der Waals surface area (Å²) in [6.45, 7) is 21.4. The van der Waals surface area contributed by atoms with Crippen molar-refractivity contribution in [3.8, 4) is 0 Å². The van der Waals surface area contributed by atoms with E-state index in [2.05, 4.69) is 66.7 Å². The number of aliphatic carboxylic acids is 1. The first kappa shape index (κ1) is 40.0. The zero-order chi connectivity index (χ0) is 39.1. The molecule has 1 aliphatic heterocycles. The van der Waals surface area contributed by atoms with Crippen LogP contribution in [0, 0.1) is 62.1 Å². The Morgan fingerprint density at radius 2 is 1.78 bits per heavy atom. The number of halogens is 1. The van der Waals surface area contributed by atoms with Gasteiger partial charge in [0.15, 0.2) is 5.78 Å². The van der Waals surface area contributed by atoms with Crippen LogP contribution in [0.5, 0.6) is 0 Å². The molecule has 0 radical (unpaired) electrons. The number of ketones is 1. The van der Waals surface area contributed by atoms with Gasteiger partial charge in [0.05, 0.1) is 17.2 Å².